The monoisotopic (exact) mass is 583 g/mol. The summed E-state index contributed by atoms with van der Waals surface area (Å²) in [5.74, 6) is 0. The van der Waals surface area contributed by atoms with E-state index >= 15 is 0 Å². The number of nitrogens with zero attached hydrogens (tertiary/aromatic N) is 1. The number of hydrogen-bond acceptors (Lipinski definition) is 0. The first-order valence-electron chi connectivity index (χ1n) is 14.2. The maximum Gasteiger partial charge on any atom is 0.0755 e. The maximum absolute atomic E-state index is 4.03. The molecule has 0 fully saturated rings. The van der Waals surface area contributed by atoms with Gasteiger partial charge in [-0.3, -0.25) is 0 Å². The Balaban J connectivity index is 1.53. The van der Waals surface area contributed by atoms with Gasteiger partial charge in [-0.15, -0.1) is 0 Å². The zero-order chi connectivity index (χ0) is 26.9. The Morgan fingerprint density at radius 2 is 1.12 bits per heavy atom. The average molecular weight is 585 g/mol. The van der Waals surface area contributed by atoms with Crippen LogP contribution in [0.2, 0.25) is 0 Å². The fourth-order valence-electron chi connectivity index (χ4n) is 8.18. The van der Waals surface area contributed by atoms with Gasteiger partial charge in [0.2, 0.25) is 0 Å². The molecule has 2 heterocycles. The lowest BCUT2D eigenvalue weighted by Gasteiger charge is -2.39. The van der Waals surface area contributed by atoms with E-state index in [0.717, 1.165) is 4.47 Å². The Hall–Kier alpha value is -4.66. The Labute approximate surface area is 245 Å². The van der Waals surface area contributed by atoms with Crippen LogP contribution in [0.1, 0.15) is 22.3 Å². The number of halogens is 1. The highest BCUT2D eigenvalue weighted by Gasteiger charge is 2.51. The summed E-state index contributed by atoms with van der Waals surface area (Å²) in [6, 6.07) is 49.8. The molecule has 10 rings (SSSR count). The summed E-state index contributed by atoms with van der Waals surface area (Å²) in [4.78, 5) is 0. The highest BCUT2D eigenvalue weighted by atomic mass is 79.9. The van der Waals surface area contributed by atoms with Crippen molar-refractivity contribution >= 4 is 59.3 Å². The minimum absolute atomic E-state index is 0.457. The van der Waals surface area contributed by atoms with E-state index in [1.807, 2.05) is 0 Å². The standard InChI is InChI=1S/C39H22BrN/c40-33-22-32-37(27-14-4-3-12-25(27)33)36-24-11-2-1-10-23(24)20-21-30(36)39(32)29-16-6-8-19-35(29)41-34-18-7-5-13-26(34)28-15-9-17-31(39)38(28)41/h1-22H. The van der Waals surface area contributed by atoms with Crippen LogP contribution in [0.3, 0.4) is 0 Å². The van der Waals surface area contributed by atoms with E-state index in [9.17, 15) is 0 Å². The number of rotatable bonds is 0. The van der Waals surface area contributed by atoms with Crippen molar-refractivity contribution in [1.29, 1.82) is 0 Å². The van der Waals surface area contributed by atoms with Gasteiger partial charge in [0.15, 0.2) is 0 Å². The second-order valence-electron chi connectivity index (χ2n) is 11.4. The average Bonchev–Trinajstić information content (AvgIpc) is 3.52. The smallest absolute Gasteiger partial charge is 0.0755 e. The SMILES string of the molecule is Brc1cc2c(c3ccccc13)-c1c(ccc3ccccc13)C21c2ccccc2-n2c3ccccc3c3cccc1c32. The Bertz CT molecular complexity index is 2450. The molecule has 1 unspecified atom stereocenters. The molecular weight excluding hydrogens is 562 g/mol. The number of aromatic nitrogens is 1. The Morgan fingerprint density at radius 1 is 0.463 bits per heavy atom. The molecule has 2 heteroatoms. The van der Waals surface area contributed by atoms with Crippen LogP contribution in [-0.4, -0.2) is 4.57 Å². The van der Waals surface area contributed by atoms with Gasteiger partial charge < -0.3 is 4.57 Å². The third-order valence-electron chi connectivity index (χ3n) is 9.63. The molecule has 1 aromatic heterocycles. The summed E-state index contributed by atoms with van der Waals surface area (Å²) in [6.07, 6.45) is 0. The van der Waals surface area contributed by atoms with Crippen molar-refractivity contribution in [3.05, 3.63) is 160 Å². The highest BCUT2D eigenvalue weighted by molar-refractivity contribution is 9.10. The molecule has 0 bridgehead atoms. The maximum atomic E-state index is 4.03. The van der Waals surface area contributed by atoms with Gasteiger partial charge in [-0.25, -0.2) is 0 Å². The van der Waals surface area contributed by atoms with Crippen molar-refractivity contribution in [3.8, 4) is 16.8 Å². The molecule has 1 spiro atoms. The molecule has 1 atom stereocenters. The van der Waals surface area contributed by atoms with E-state index in [1.54, 1.807) is 0 Å². The van der Waals surface area contributed by atoms with Crippen LogP contribution in [0, 0.1) is 0 Å². The normalized spacial score (nSPS) is 16.5. The van der Waals surface area contributed by atoms with E-state index in [1.165, 1.54) is 82.4 Å². The number of hydrogen-bond donors (Lipinski definition) is 0. The van der Waals surface area contributed by atoms with Crippen molar-refractivity contribution < 1.29 is 0 Å². The largest absolute Gasteiger partial charge is 0.309 e. The van der Waals surface area contributed by atoms with E-state index in [-0.39, 0.29) is 0 Å². The molecule has 2 aliphatic rings. The van der Waals surface area contributed by atoms with E-state index in [4.69, 9.17) is 0 Å². The van der Waals surface area contributed by atoms with Crippen LogP contribution in [0.5, 0.6) is 0 Å². The number of para-hydroxylation sites is 3. The first-order valence-corrected chi connectivity index (χ1v) is 14.9. The van der Waals surface area contributed by atoms with Gasteiger partial charge in [-0.1, -0.05) is 131 Å². The highest BCUT2D eigenvalue weighted by Crippen LogP contribution is 2.63. The quantitative estimate of drug-likeness (QED) is 0.167. The molecular formula is C39H22BrN. The fourth-order valence-corrected chi connectivity index (χ4v) is 8.75. The van der Waals surface area contributed by atoms with Gasteiger partial charge in [-0.05, 0) is 73.1 Å². The molecule has 1 aliphatic heterocycles. The lowest BCUT2D eigenvalue weighted by atomic mass is 9.65. The Kier molecular flexibility index (Phi) is 4.06. The molecule has 7 aromatic carbocycles. The van der Waals surface area contributed by atoms with Gasteiger partial charge in [0.05, 0.1) is 22.1 Å². The molecule has 0 saturated carbocycles. The first-order chi connectivity index (χ1) is 20.3. The molecule has 0 saturated heterocycles. The van der Waals surface area contributed by atoms with Crippen LogP contribution >= 0.6 is 15.9 Å². The molecule has 0 amide bonds. The summed E-state index contributed by atoms with van der Waals surface area (Å²) in [7, 11) is 0. The second kappa shape index (κ2) is 7.54. The van der Waals surface area contributed by atoms with Crippen LogP contribution in [-0.2, 0) is 5.41 Å². The number of benzene rings is 7. The van der Waals surface area contributed by atoms with Crippen molar-refractivity contribution in [2.24, 2.45) is 0 Å². The number of fused-ring (bicyclic) bond motifs is 16. The van der Waals surface area contributed by atoms with Crippen LogP contribution in [0.4, 0.5) is 0 Å². The molecule has 1 aliphatic carbocycles. The van der Waals surface area contributed by atoms with Crippen molar-refractivity contribution in [2.45, 2.75) is 5.41 Å². The summed E-state index contributed by atoms with van der Waals surface area (Å²) < 4.78 is 3.65. The summed E-state index contributed by atoms with van der Waals surface area (Å²) in [5.41, 5.74) is 11.5. The predicted octanol–water partition coefficient (Wildman–Crippen LogP) is 10.5. The third kappa shape index (κ3) is 2.46. The summed E-state index contributed by atoms with van der Waals surface area (Å²) >= 11 is 4.03. The third-order valence-corrected chi connectivity index (χ3v) is 10.3. The molecule has 1 nitrogen and oxygen atoms in total. The molecule has 190 valence electrons. The van der Waals surface area contributed by atoms with Gasteiger partial charge >= 0.3 is 0 Å². The minimum Gasteiger partial charge on any atom is -0.309 e. The zero-order valence-corrected chi connectivity index (χ0v) is 23.6. The first kappa shape index (κ1) is 22.1. The minimum atomic E-state index is -0.457. The van der Waals surface area contributed by atoms with Gasteiger partial charge in [0.25, 0.3) is 0 Å². The van der Waals surface area contributed by atoms with Crippen LogP contribution in [0.15, 0.2) is 138 Å². The van der Waals surface area contributed by atoms with Gasteiger partial charge in [0, 0.05) is 15.2 Å². The zero-order valence-electron chi connectivity index (χ0n) is 22.0. The van der Waals surface area contributed by atoms with Crippen molar-refractivity contribution in [1.82, 2.24) is 4.57 Å². The molecule has 0 N–H and O–H groups in total. The van der Waals surface area contributed by atoms with Crippen molar-refractivity contribution in [3.63, 3.8) is 0 Å². The van der Waals surface area contributed by atoms with E-state index in [0.29, 0.717) is 0 Å². The topological polar surface area (TPSA) is 4.93 Å². The predicted molar refractivity (Wildman–Crippen MR) is 174 cm³/mol. The second-order valence-corrected chi connectivity index (χ2v) is 12.2. The Morgan fingerprint density at radius 3 is 2.02 bits per heavy atom. The van der Waals surface area contributed by atoms with Crippen LogP contribution < -0.4 is 0 Å². The summed E-state index contributed by atoms with van der Waals surface area (Å²) in [6.45, 7) is 0. The lowest BCUT2D eigenvalue weighted by Crippen LogP contribution is -2.33. The van der Waals surface area contributed by atoms with Gasteiger partial charge in [-0.2, -0.15) is 0 Å². The molecule has 0 radical (unpaired) electrons. The lowest BCUT2D eigenvalue weighted by molar-refractivity contribution is 0.749. The fraction of sp³-hybridized carbons (Fsp3) is 0.0256. The van der Waals surface area contributed by atoms with Gasteiger partial charge in [0.1, 0.15) is 0 Å². The van der Waals surface area contributed by atoms with Crippen LogP contribution in [0.25, 0.3) is 60.2 Å². The summed E-state index contributed by atoms with van der Waals surface area (Å²) in [5, 5.41) is 7.74. The molecule has 41 heavy (non-hydrogen) atoms. The van der Waals surface area contributed by atoms with E-state index < -0.39 is 5.41 Å². The van der Waals surface area contributed by atoms with E-state index in [2.05, 4.69) is 154 Å². The van der Waals surface area contributed by atoms with Crippen molar-refractivity contribution in [2.75, 3.05) is 0 Å². The molecule has 8 aromatic rings.